The standard InChI is InChI=1S/C20H14N2O2S/c21-12-16-8-6-15(7-9-16)10-11-19(23)24-13-18-14-25-20(22-18)17-4-2-1-3-5-17/h1-11,14H,13H2/b11-10+. The number of esters is 1. The molecular weight excluding hydrogens is 332 g/mol. The molecule has 0 aliphatic heterocycles. The van der Waals surface area contributed by atoms with Crippen molar-refractivity contribution in [1.29, 1.82) is 5.26 Å². The van der Waals surface area contributed by atoms with E-state index in [4.69, 9.17) is 10.00 Å². The van der Waals surface area contributed by atoms with Gasteiger partial charge in [-0.3, -0.25) is 0 Å². The third-order valence-corrected chi connectivity index (χ3v) is 4.33. The van der Waals surface area contributed by atoms with Gasteiger partial charge in [0.2, 0.25) is 0 Å². The van der Waals surface area contributed by atoms with E-state index in [1.807, 2.05) is 41.8 Å². The van der Waals surface area contributed by atoms with Crippen LogP contribution >= 0.6 is 11.3 Å². The number of hydrogen-bond donors (Lipinski definition) is 0. The third-order valence-electron chi connectivity index (χ3n) is 3.39. The number of benzene rings is 2. The molecule has 0 saturated carbocycles. The largest absolute Gasteiger partial charge is 0.456 e. The molecule has 4 nitrogen and oxygen atoms in total. The van der Waals surface area contributed by atoms with Crippen LogP contribution in [0, 0.1) is 11.3 Å². The van der Waals surface area contributed by atoms with Gasteiger partial charge in [0.05, 0.1) is 17.3 Å². The molecule has 1 heterocycles. The molecule has 0 fully saturated rings. The van der Waals surface area contributed by atoms with E-state index in [-0.39, 0.29) is 6.61 Å². The molecule has 1 aromatic heterocycles. The average molecular weight is 346 g/mol. The lowest BCUT2D eigenvalue weighted by Crippen LogP contribution is -2.00. The molecular formula is C20H14N2O2S. The molecule has 0 radical (unpaired) electrons. The van der Waals surface area contributed by atoms with E-state index in [2.05, 4.69) is 4.98 Å². The number of carbonyl (C=O) groups excluding carboxylic acids is 1. The quantitative estimate of drug-likeness (QED) is 0.506. The number of nitrogens with zero attached hydrogens (tertiary/aromatic N) is 2. The Morgan fingerprint density at radius 3 is 2.64 bits per heavy atom. The summed E-state index contributed by atoms with van der Waals surface area (Å²) in [7, 11) is 0. The van der Waals surface area contributed by atoms with Gasteiger partial charge in [-0.25, -0.2) is 9.78 Å². The summed E-state index contributed by atoms with van der Waals surface area (Å²) >= 11 is 1.52. The Kier molecular flexibility index (Phi) is 5.35. The lowest BCUT2D eigenvalue weighted by atomic mass is 10.1. The van der Waals surface area contributed by atoms with Crippen LogP contribution in [0.2, 0.25) is 0 Å². The zero-order valence-corrected chi connectivity index (χ0v) is 14.1. The van der Waals surface area contributed by atoms with Gasteiger partial charge in [0, 0.05) is 17.0 Å². The highest BCUT2D eigenvalue weighted by molar-refractivity contribution is 7.13. The Labute approximate surface area is 149 Å². The van der Waals surface area contributed by atoms with Gasteiger partial charge in [0.1, 0.15) is 11.6 Å². The number of nitriles is 1. The van der Waals surface area contributed by atoms with Crippen molar-refractivity contribution in [3.63, 3.8) is 0 Å². The van der Waals surface area contributed by atoms with Gasteiger partial charge >= 0.3 is 5.97 Å². The van der Waals surface area contributed by atoms with Crippen LogP contribution in [0.5, 0.6) is 0 Å². The maximum atomic E-state index is 11.8. The van der Waals surface area contributed by atoms with E-state index in [9.17, 15) is 4.79 Å². The van der Waals surface area contributed by atoms with Crippen molar-refractivity contribution in [3.05, 3.63) is 82.9 Å². The summed E-state index contributed by atoms with van der Waals surface area (Å²) in [5.74, 6) is -0.432. The molecule has 0 spiro atoms. The highest BCUT2D eigenvalue weighted by Gasteiger charge is 2.06. The summed E-state index contributed by atoms with van der Waals surface area (Å²) in [6.07, 6.45) is 3.02. The van der Waals surface area contributed by atoms with Crippen molar-refractivity contribution in [1.82, 2.24) is 4.98 Å². The predicted octanol–water partition coefficient (Wildman–Crippen LogP) is 4.44. The fourth-order valence-corrected chi connectivity index (χ4v) is 2.92. The molecule has 5 heteroatoms. The first-order valence-corrected chi connectivity index (χ1v) is 8.47. The van der Waals surface area contributed by atoms with Gasteiger partial charge < -0.3 is 4.74 Å². The van der Waals surface area contributed by atoms with Crippen LogP contribution in [-0.2, 0) is 16.1 Å². The zero-order chi connectivity index (χ0) is 17.5. The van der Waals surface area contributed by atoms with Crippen molar-refractivity contribution in [2.75, 3.05) is 0 Å². The normalized spacial score (nSPS) is 10.5. The van der Waals surface area contributed by atoms with Crippen LogP contribution in [0.15, 0.2) is 66.1 Å². The van der Waals surface area contributed by atoms with Gasteiger partial charge in [-0.15, -0.1) is 11.3 Å². The second-order valence-electron chi connectivity index (χ2n) is 5.18. The molecule has 0 N–H and O–H groups in total. The number of aromatic nitrogens is 1. The van der Waals surface area contributed by atoms with Crippen molar-refractivity contribution >= 4 is 23.4 Å². The Balaban J connectivity index is 1.54. The summed E-state index contributed by atoms with van der Waals surface area (Å²) in [6.45, 7) is 0.139. The maximum absolute atomic E-state index is 11.8. The van der Waals surface area contributed by atoms with E-state index in [0.717, 1.165) is 21.8 Å². The van der Waals surface area contributed by atoms with Gasteiger partial charge in [0.15, 0.2) is 0 Å². The molecule has 3 rings (SSSR count). The van der Waals surface area contributed by atoms with Crippen molar-refractivity contribution in [2.24, 2.45) is 0 Å². The topological polar surface area (TPSA) is 63.0 Å². The monoisotopic (exact) mass is 346 g/mol. The first-order chi connectivity index (χ1) is 12.2. The summed E-state index contributed by atoms with van der Waals surface area (Å²) in [5, 5.41) is 11.5. The Morgan fingerprint density at radius 2 is 1.92 bits per heavy atom. The minimum absolute atomic E-state index is 0.139. The third kappa shape index (κ3) is 4.63. The van der Waals surface area contributed by atoms with E-state index < -0.39 is 5.97 Å². The van der Waals surface area contributed by atoms with Crippen LogP contribution in [-0.4, -0.2) is 11.0 Å². The molecule has 0 atom stereocenters. The molecule has 0 amide bonds. The Hall–Kier alpha value is -3.23. The van der Waals surface area contributed by atoms with Crippen molar-refractivity contribution in [3.8, 4) is 16.6 Å². The van der Waals surface area contributed by atoms with Crippen LogP contribution in [0.4, 0.5) is 0 Å². The molecule has 3 aromatic rings. The first kappa shape index (κ1) is 16.6. The van der Waals surface area contributed by atoms with Crippen molar-refractivity contribution in [2.45, 2.75) is 6.61 Å². The fraction of sp³-hybridized carbons (Fsp3) is 0.0500. The predicted molar refractivity (Wildman–Crippen MR) is 97.5 cm³/mol. The SMILES string of the molecule is N#Cc1ccc(/C=C/C(=O)OCc2csc(-c3ccccc3)n2)cc1. The highest BCUT2D eigenvalue weighted by atomic mass is 32.1. The summed E-state index contributed by atoms with van der Waals surface area (Å²) < 4.78 is 5.21. The highest BCUT2D eigenvalue weighted by Crippen LogP contribution is 2.23. The number of carbonyl (C=O) groups is 1. The molecule has 0 aliphatic carbocycles. The lowest BCUT2D eigenvalue weighted by Gasteiger charge is -1.99. The minimum atomic E-state index is -0.432. The van der Waals surface area contributed by atoms with Crippen LogP contribution < -0.4 is 0 Å². The number of rotatable bonds is 5. The van der Waals surface area contributed by atoms with E-state index in [1.165, 1.54) is 17.4 Å². The van der Waals surface area contributed by atoms with Gasteiger partial charge in [-0.1, -0.05) is 42.5 Å². The number of ether oxygens (including phenoxy) is 1. The van der Waals surface area contributed by atoms with Crippen LogP contribution in [0.25, 0.3) is 16.6 Å². The lowest BCUT2D eigenvalue weighted by molar-refractivity contribution is -0.139. The van der Waals surface area contributed by atoms with Crippen LogP contribution in [0.1, 0.15) is 16.8 Å². The first-order valence-electron chi connectivity index (χ1n) is 7.59. The molecule has 122 valence electrons. The Bertz CT molecular complexity index is 922. The Morgan fingerprint density at radius 1 is 1.16 bits per heavy atom. The smallest absolute Gasteiger partial charge is 0.331 e. The minimum Gasteiger partial charge on any atom is -0.456 e. The maximum Gasteiger partial charge on any atom is 0.331 e. The summed E-state index contributed by atoms with van der Waals surface area (Å²) in [4.78, 5) is 16.3. The molecule has 0 bridgehead atoms. The summed E-state index contributed by atoms with van der Waals surface area (Å²) in [5.41, 5.74) is 3.18. The van der Waals surface area contributed by atoms with E-state index in [1.54, 1.807) is 30.3 Å². The second kappa shape index (κ2) is 8.04. The van der Waals surface area contributed by atoms with Crippen LogP contribution in [0.3, 0.4) is 0 Å². The van der Waals surface area contributed by atoms with Gasteiger partial charge in [-0.05, 0) is 23.8 Å². The van der Waals surface area contributed by atoms with Crippen molar-refractivity contribution < 1.29 is 9.53 Å². The summed E-state index contributed by atoms with van der Waals surface area (Å²) in [6, 6.07) is 18.9. The molecule has 0 aliphatic rings. The number of thiazole rings is 1. The molecule has 25 heavy (non-hydrogen) atoms. The second-order valence-corrected chi connectivity index (χ2v) is 6.04. The van der Waals surface area contributed by atoms with Gasteiger partial charge in [0.25, 0.3) is 0 Å². The van der Waals surface area contributed by atoms with E-state index in [0.29, 0.717) is 5.56 Å². The zero-order valence-electron chi connectivity index (χ0n) is 13.3. The number of hydrogen-bond acceptors (Lipinski definition) is 5. The van der Waals surface area contributed by atoms with Gasteiger partial charge in [-0.2, -0.15) is 5.26 Å². The molecule has 2 aromatic carbocycles. The molecule has 0 unspecified atom stereocenters. The van der Waals surface area contributed by atoms with E-state index >= 15 is 0 Å². The molecule has 0 saturated heterocycles. The fourth-order valence-electron chi connectivity index (χ4n) is 2.11. The average Bonchev–Trinajstić information content (AvgIpc) is 3.15.